The van der Waals surface area contributed by atoms with E-state index in [1.807, 2.05) is 98.2 Å². The molecule has 3 heterocycles. The summed E-state index contributed by atoms with van der Waals surface area (Å²) >= 11 is 1.53. The standard InChI is InChI=1S/C31H30N4O4S/c1-19(2)32-26(36)16-34-27(37)17-40-30(22-13-14-24-25(15-22)39-18-38-24)28-29(21-10-5-4-6-11-21)33-35(31(28)34)23-12-8-7-9-20(23)3/h4-15,19,30H,16-18H2,1-3H3,(H,32,36)/t30-/m1/s1. The third kappa shape index (κ3) is 4.81. The summed E-state index contributed by atoms with van der Waals surface area (Å²) in [5, 5.41) is 7.85. The molecule has 3 aromatic carbocycles. The highest BCUT2D eigenvalue weighted by molar-refractivity contribution is 8.00. The Morgan fingerprint density at radius 2 is 1.80 bits per heavy atom. The SMILES string of the molecule is Cc1ccccc1-n1nc(-c2ccccc2)c2c1N(CC(=O)NC(C)C)C(=O)CS[C@@H]2c1ccc2c(c1)OCO2. The predicted octanol–water partition coefficient (Wildman–Crippen LogP) is 5.27. The molecule has 6 rings (SSSR count). The number of anilines is 1. The van der Waals surface area contributed by atoms with Crippen LogP contribution in [0.1, 0.15) is 35.8 Å². The van der Waals surface area contributed by atoms with Crippen molar-refractivity contribution in [3.63, 3.8) is 0 Å². The lowest BCUT2D eigenvalue weighted by molar-refractivity contribution is -0.123. The van der Waals surface area contributed by atoms with E-state index in [2.05, 4.69) is 5.32 Å². The number of para-hydroxylation sites is 1. The molecule has 4 aromatic rings. The predicted molar refractivity (Wildman–Crippen MR) is 156 cm³/mol. The first-order valence-electron chi connectivity index (χ1n) is 13.3. The monoisotopic (exact) mass is 554 g/mol. The minimum Gasteiger partial charge on any atom is -0.454 e. The molecular weight excluding hydrogens is 524 g/mol. The quantitative estimate of drug-likeness (QED) is 0.350. The van der Waals surface area contributed by atoms with E-state index in [-0.39, 0.29) is 42.2 Å². The van der Waals surface area contributed by atoms with Crippen LogP contribution in [-0.4, -0.2) is 46.7 Å². The molecule has 40 heavy (non-hydrogen) atoms. The van der Waals surface area contributed by atoms with Gasteiger partial charge in [-0.2, -0.15) is 5.10 Å². The zero-order valence-corrected chi connectivity index (χ0v) is 23.4. The van der Waals surface area contributed by atoms with Gasteiger partial charge in [0, 0.05) is 17.2 Å². The number of ether oxygens (including phenoxy) is 2. The molecule has 0 aliphatic carbocycles. The average Bonchev–Trinajstić information content (AvgIpc) is 3.54. The topological polar surface area (TPSA) is 85.7 Å². The van der Waals surface area contributed by atoms with Crippen molar-refractivity contribution in [2.24, 2.45) is 0 Å². The Morgan fingerprint density at radius 3 is 2.58 bits per heavy atom. The van der Waals surface area contributed by atoms with Gasteiger partial charge in [0.05, 0.1) is 22.4 Å². The van der Waals surface area contributed by atoms with Crippen LogP contribution < -0.4 is 19.7 Å². The van der Waals surface area contributed by atoms with Crippen LogP contribution in [0.15, 0.2) is 72.8 Å². The normalized spacial score (nSPS) is 16.1. The number of nitrogens with one attached hydrogen (secondary N) is 1. The Kier molecular flexibility index (Phi) is 6.98. The number of nitrogens with zero attached hydrogens (tertiary/aromatic N) is 3. The van der Waals surface area contributed by atoms with E-state index < -0.39 is 0 Å². The van der Waals surface area contributed by atoms with E-state index >= 15 is 0 Å². The number of fused-ring (bicyclic) bond motifs is 2. The second-order valence-electron chi connectivity index (χ2n) is 10.2. The van der Waals surface area contributed by atoms with Crippen molar-refractivity contribution >= 4 is 29.4 Å². The molecule has 2 amide bonds. The number of aryl methyl sites for hydroxylation is 1. The van der Waals surface area contributed by atoms with E-state index in [4.69, 9.17) is 14.6 Å². The number of hydrogen-bond acceptors (Lipinski definition) is 6. The zero-order chi connectivity index (χ0) is 27.8. The number of hydrogen-bond donors (Lipinski definition) is 1. The van der Waals surface area contributed by atoms with Gasteiger partial charge >= 0.3 is 0 Å². The largest absolute Gasteiger partial charge is 0.454 e. The summed E-state index contributed by atoms with van der Waals surface area (Å²) in [5.74, 6) is 1.80. The maximum atomic E-state index is 13.8. The average molecular weight is 555 g/mol. The number of carbonyl (C=O) groups is 2. The lowest BCUT2D eigenvalue weighted by Crippen LogP contribution is -2.44. The van der Waals surface area contributed by atoms with Gasteiger partial charge in [-0.3, -0.25) is 14.5 Å². The molecule has 0 fully saturated rings. The van der Waals surface area contributed by atoms with E-state index in [0.29, 0.717) is 17.3 Å². The van der Waals surface area contributed by atoms with Gasteiger partial charge in [0.25, 0.3) is 0 Å². The molecule has 2 aliphatic heterocycles. The van der Waals surface area contributed by atoms with Crippen LogP contribution >= 0.6 is 11.8 Å². The Balaban J connectivity index is 1.62. The van der Waals surface area contributed by atoms with Crippen molar-refractivity contribution in [2.45, 2.75) is 32.1 Å². The van der Waals surface area contributed by atoms with E-state index in [0.717, 1.165) is 33.6 Å². The Labute approximate surface area is 237 Å². The first-order valence-corrected chi connectivity index (χ1v) is 14.3. The van der Waals surface area contributed by atoms with Crippen LogP contribution in [0, 0.1) is 6.92 Å². The molecule has 1 atom stereocenters. The summed E-state index contributed by atoms with van der Waals surface area (Å²) in [4.78, 5) is 28.5. The van der Waals surface area contributed by atoms with Crippen LogP contribution in [-0.2, 0) is 9.59 Å². The molecule has 1 N–H and O–H groups in total. The number of rotatable bonds is 6. The van der Waals surface area contributed by atoms with E-state index in [9.17, 15) is 9.59 Å². The molecule has 8 nitrogen and oxygen atoms in total. The van der Waals surface area contributed by atoms with Gasteiger partial charge in [-0.1, -0.05) is 54.6 Å². The fourth-order valence-corrected chi connectivity index (χ4v) is 6.34. The Hall–Kier alpha value is -4.24. The van der Waals surface area contributed by atoms with Crippen molar-refractivity contribution in [2.75, 3.05) is 24.0 Å². The van der Waals surface area contributed by atoms with Crippen molar-refractivity contribution in [1.82, 2.24) is 15.1 Å². The molecule has 0 unspecified atom stereocenters. The molecule has 0 spiro atoms. The van der Waals surface area contributed by atoms with Crippen molar-refractivity contribution in [3.05, 3.63) is 89.5 Å². The maximum absolute atomic E-state index is 13.8. The number of thioether (sulfide) groups is 1. The van der Waals surface area contributed by atoms with Gasteiger partial charge < -0.3 is 14.8 Å². The van der Waals surface area contributed by atoms with E-state index in [1.165, 1.54) is 11.8 Å². The van der Waals surface area contributed by atoms with Crippen LogP contribution in [0.4, 0.5) is 5.82 Å². The number of carbonyl (C=O) groups excluding carboxylic acids is 2. The van der Waals surface area contributed by atoms with Gasteiger partial charge in [0.1, 0.15) is 12.4 Å². The highest BCUT2D eigenvalue weighted by Crippen LogP contribution is 2.50. The molecule has 2 aliphatic rings. The van der Waals surface area contributed by atoms with E-state index in [1.54, 1.807) is 4.90 Å². The molecule has 204 valence electrons. The second-order valence-corrected chi connectivity index (χ2v) is 11.2. The zero-order valence-electron chi connectivity index (χ0n) is 22.6. The van der Waals surface area contributed by atoms with Crippen LogP contribution in [0.2, 0.25) is 0 Å². The second kappa shape index (κ2) is 10.7. The number of aromatic nitrogens is 2. The third-order valence-electron chi connectivity index (χ3n) is 6.93. The Morgan fingerprint density at radius 1 is 1.05 bits per heavy atom. The summed E-state index contributed by atoms with van der Waals surface area (Å²) in [6.07, 6.45) is 0. The van der Waals surface area contributed by atoms with Gasteiger partial charge in [-0.15, -0.1) is 11.8 Å². The smallest absolute Gasteiger partial charge is 0.240 e. The maximum Gasteiger partial charge on any atom is 0.240 e. The Bertz CT molecular complexity index is 1580. The summed E-state index contributed by atoms with van der Waals surface area (Å²) in [6, 6.07) is 23.8. The molecule has 1 aromatic heterocycles. The third-order valence-corrected chi connectivity index (χ3v) is 8.19. The minimum atomic E-state index is -0.250. The van der Waals surface area contributed by atoms with Crippen LogP contribution in [0.25, 0.3) is 16.9 Å². The summed E-state index contributed by atoms with van der Waals surface area (Å²) in [5.41, 5.74) is 5.39. The molecule has 0 saturated carbocycles. The fourth-order valence-electron chi connectivity index (χ4n) is 5.15. The van der Waals surface area contributed by atoms with Gasteiger partial charge in [0.2, 0.25) is 18.6 Å². The molecule has 0 bridgehead atoms. The highest BCUT2D eigenvalue weighted by atomic mass is 32.2. The number of amides is 2. The van der Waals surface area contributed by atoms with Crippen molar-refractivity contribution < 1.29 is 19.1 Å². The highest BCUT2D eigenvalue weighted by Gasteiger charge is 2.38. The fraction of sp³-hybridized carbons (Fsp3) is 0.258. The number of benzene rings is 3. The van der Waals surface area contributed by atoms with Crippen LogP contribution in [0.5, 0.6) is 11.5 Å². The first-order chi connectivity index (χ1) is 19.4. The summed E-state index contributed by atoms with van der Waals surface area (Å²) in [7, 11) is 0. The van der Waals surface area contributed by atoms with Crippen molar-refractivity contribution in [1.29, 1.82) is 0 Å². The van der Waals surface area contributed by atoms with Gasteiger partial charge in [-0.05, 0) is 50.1 Å². The van der Waals surface area contributed by atoms with Crippen molar-refractivity contribution in [3.8, 4) is 28.4 Å². The lowest BCUT2D eigenvalue weighted by Gasteiger charge is -2.24. The van der Waals surface area contributed by atoms with Gasteiger partial charge in [-0.25, -0.2) is 4.68 Å². The van der Waals surface area contributed by atoms with Crippen LogP contribution in [0.3, 0.4) is 0 Å². The first kappa shape index (κ1) is 26.0. The molecular formula is C31H30N4O4S. The minimum absolute atomic E-state index is 0.0500. The molecule has 9 heteroatoms. The summed E-state index contributed by atoms with van der Waals surface area (Å²) < 4.78 is 13.1. The molecule has 0 radical (unpaired) electrons. The van der Waals surface area contributed by atoms with Gasteiger partial charge in [0.15, 0.2) is 11.5 Å². The summed E-state index contributed by atoms with van der Waals surface area (Å²) in [6.45, 7) is 5.90. The lowest BCUT2D eigenvalue weighted by atomic mass is 9.99. The molecule has 0 saturated heterocycles.